The zero-order chi connectivity index (χ0) is 18.1. The highest BCUT2D eigenvalue weighted by Crippen LogP contribution is 2.20. The summed E-state index contributed by atoms with van der Waals surface area (Å²) in [6.07, 6.45) is -0.565. The fourth-order valence-electron chi connectivity index (χ4n) is 2.14. The van der Waals surface area contributed by atoms with E-state index < -0.39 is 6.10 Å². The van der Waals surface area contributed by atoms with Gasteiger partial charge in [0, 0.05) is 29.1 Å². The molecule has 0 aliphatic heterocycles. The number of hydrogen-bond acceptors (Lipinski definition) is 4. The molecule has 0 saturated carbocycles. The van der Waals surface area contributed by atoms with Crippen molar-refractivity contribution in [1.82, 2.24) is 5.32 Å². The Morgan fingerprint density at radius 2 is 1.96 bits per heavy atom. The van der Waals surface area contributed by atoms with Crippen molar-refractivity contribution >= 4 is 29.3 Å². The Balaban J connectivity index is 1.67. The molecule has 1 atom stereocenters. The molecule has 0 heterocycles. The number of carbonyl (C=O) groups excluding carboxylic acids is 1. The first-order chi connectivity index (χ1) is 12.1. The number of ether oxygens (including phenoxy) is 2. The Bertz CT molecular complexity index is 696. The predicted octanol–water partition coefficient (Wildman–Crippen LogP) is 4.17. The first kappa shape index (κ1) is 19.5. The largest absolute Gasteiger partial charge is 0.497 e. The lowest BCUT2D eigenvalue weighted by Gasteiger charge is -2.15. The molecule has 134 valence electrons. The van der Waals surface area contributed by atoms with E-state index in [0.29, 0.717) is 18.0 Å². The zero-order valence-electron chi connectivity index (χ0n) is 14.3. The second-order valence-electron chi connectivity index (χ2n) is 5.41. The highest BCUT2D eigenvalue weighted by atomic mass is 35.5. The average Bonchev–Trinajstić information content (AvgIpc) is 2.61. The van der Waals surface area contributed by atoms with Crippen LogP contribution in [0.4, 0.5) is 0 Å². The number of rotatable bonds is 9. The van der Waals surface area contributed by atoms with Crippen LogP contribution in [0.1, 0.15) is 12.5 Å². The second kappa shape index (κ2) is 10.2. The van der Waals surface area contributed by atoms with Gasteiger partial charge in [0.25, 0.3) is 5.91 Å². The summed E-state index contributed by atoms with van der Waals surface area (Å²) >= 11 is 7.71. The smallest absolute Gasteiger partial charge is 0.260 e. The van der Waals surface area contributed by atoms with E-state index in [9.17, 15) is 4.79 Å². The minimum atomic E-state index is -0.565. The highest BCUT2D eigenvalue weighted by molar-refractivity contribution is 7.98. The minimum Gasteiger partial charge on any atom is -0.497 e. The van der Waals surface area contributed by atoms with Gasteiger partial charge in [0.1, 0.15) is 11.5 Å². The number of thioether (sulfide) groups is 1. The van der Waals surface area contributed by atoms with Gasteiger partial charge in [-0.25, -0.2) is 0 Å². The van der Waals surface area contributed by atoms with Crippen molar-refractivity contribution < 1.29 is 14.3 Å². The van der Waals surface area contributed by atoms with Gasteiger partial charge in [-0.2, -0.15) is 11.8 Å². The lowest BCUT2D eigenvalue weighted by Crippen LogP contribution is -2.37. The van der Waals surface area contributed by atoms with Crippen LogP contribution in [0.3, 0.4) is 0 Å². The van der Waals surface area contributed by atoms with Crippen LogP contribution in [-0.4, -0.2) is 31.4 Å². The fraction of sp³-hybridized carbons (Fsp3) is 0.316. The number of benzene rings is 2. The molecule has 0 aliphatic rings. The molecule has 4 nitrogen and oxygen atoms in total. The standard InChI is InChI=1S/C19H22ClNO3S/c1-14(24-18-8-4-7-17(12-18)23-2)19(22)21-9-10-25-13-15-5-3-6-16(20)11-15/h3-8,11-12,14H,9-10,13H2,1-2H3,(H,21,22)/t14-/m1/s1. The van der Waals surface area contributed by atoms with Crippen LogP contribution in [0.5, 0.6) is 11.5 Å². The topological polar surface area (TPSA) is 47.6 Å². The van der Waals surface area contributed by atoms with Crippen LogP contribution in [0.15, 0.2) is 48.5 Å². The molecule has 1 amide bonds. The Kier molecular flexibility index (Phi) is 7.95. The lowest BCUT2D eigenvalue weighted by molar-refractivity contribution is -0.127. The van der Waals surface area contributed by atoms with E-state index in [1.807, 2.05) is 36.4 Å². The van der Waals surface area contributed by atoms with E-state index >= 15 is 0 Å². The molecule has 0 radical (unpaired) electrons. The molecule has 2 aromatic carbocycles. The van der Waals surface area contributed by atoms with Crippen molar-refractivity contribution in [2.24, 2.45) is 0 Å². The molecule has 0 spiro atoms. The summed E-state index contributed by atoms with van der Waals surface area (Å²) in [6.45, 7) is 2.32. The van der Waals surface area contributed by atoms with Gasteiger partial charge in [0.05, 0.1) is 7.11 Å². The summed E-state index contributed by atoms with van der Waals surface area (Å²) in [4.78, 5) is 12.1. The van der Waals surface area contributed by atoms with Gasteiger partial charge in [-0.15, -0.1) is 0 Å². The van der Waals surface area contributed by atoms with Crippen LogP contribution >= 0.6 is 23.4 Å². The van der Waals surface area contributed by atoms with Crippen molar-refractivity contribution in [2.45, 2.75) is 18.8 Å². The van der Waals surface area contributed by atoms with Crippen LogP contribution in [0, 0.1) is 0 Å². The normalized spacial score (nSPS) is 11.6. The molecule has 25 heavy (non-hydrogen) atoms. The third-order valence-electron chi connectivity index (χ3n) is 3.43. The molecule has 2 rings (SSSR count). The highest BCUT2D eigenvalue weighted by Gasteiger charge is 2.14. The van der Waals surface area contributed by atoms with Crippen LogP contribution < -0.4 is 14.8 Å². The summed E-state index contributed by atoms with van der Waals surface area (Å²) in [5, 5.41) is 3.63. The summed E-state index contributed by atoms with van der Waals surface area (Å²) < 4.78 is 10.8. The fourth-order valence-corrected chi connectivity index (χ4v) is 3.16. The summed E-state index contributed by atoms with van der Waals surface area (Å²) in [5.74, 6) is 2.86. The van der Waals surface area contributed by atoms with Crippen molar-refractivity contribution in [3.8, 4) is 11.5 Å². The van der Waals surface area contributed by atoms with Gasteiger partial charge in [-0.05, 0) is 36.8 Å². The molecular weight excluding hydrogens is 358 g/mol. The summed E-state index contributed by atoms with van der Waals surface area (Å²) in [5.41, 5.74) is 1.18. The zero-order valence-corrected chi connectivity index (χ0v) is 15.9. The molecule has 0 aliphatic carbocycles. The quantitative estimate of drug-likeness (QED) is 0.664. The van der Waals surface area contributed by atoms with Gasteiger partial charge in [0.15, 0.2) is 6.10 Å². The van der Waals surface area contributed by atoms with E-state index in [0.717, 1.165) is 16.5 Å². The second-order valence-corrected chi connectivity index (χ2v) is 6.95. The maximum atomic E-state index is 12.1. The van der Waals surface area contributed by atoms with Crippen LogP contribution in [-0.2, 0) is 10.5 Å². The molecule has 0 saturated heterocycles. The predicted molar refractivity (Wildman–Crippen MR) is 104 cm³/mol. The number of methoxy groups -OCH3 is 1. The van der Waals surface area contributed by atoms with Crippen LogP contribution in [0.2, 0.25) is 5.02 Å². The third-order valence-corrected chi connectivity index (χ3v) is 4.69. The SMILES string of the molecule is COc1cccc(O[C@H](C)C(=O)NCCSCc2cccc(Cl)c2)c1. The Labute approximate surface area is 157 Å². The third kappa shape index (κ3) is 6.88. The van der Waals surface area contributed by atoms with E-state index in [-0.39, 0.29) is 5.91 Å². The molecule has 0 unspecified atom stereocenters. The van der Waals surface area contributed by atoms with E-state index in [2.05, 4.69) is 5.32 Å². The number of halogens is 1. The Morgan fingerprint density at radius 3 is 2.72 bits per heavy atom. The molecule has 1 N–H and O–H groups in total. The first-order valence-electron chi connectivity index (χ1n) is 7.99. The van der Waals surface area contributed by atoms with Gasteiger partial charge in [-0.1, -0.05) is 29.8 Å². The first-order valence-corrected chi connectivity index (χ1v) is 9.52. The average molecular weight is 380 g/mol. The molecule has 6 heteroatoms. The monoisotopic (exact) mass is 379 g/mol. The molecule has 0 aromatic heterocycles. The molecule has 2 aromatic rings. The van der Waals surface area contributed by atoms with Crippen molar-refractivity contribution in [3.05, 3.63) is 59.1 Å². The van der Waals surface area contributed by atoms with Crippen molar-refractivity contribution in [3.63, 3.8) is 0 Å². The summed E-state index contributed by atoms with van der Waals surface area (Å²) in [6, 6.07) is 15.0. The van der Waals surface area contributed by atoms with Gasteiger partial charge >= 0.3 is 0 Å². The number of amides is 1. The maximum absolute atomic E-state index is 12.1. The van der Waals surface area contributed by atoms with Gasteiger partial charge < -0.3 is 14.8 Å². The van der Waals surface area contributed by atoms with E-state index in [4.69, 9.17) is 21.1 Å². The van der Waals surface area contributed by atoms with E-state index in [1.54, 1.807) is 37.9 Å². The van der Waals surface area contributed by atoms with Gasteiger partial charge in [-0.3, -0.25) is 4.79 Å². The van der Waals surface area contributed by atoms with Crippen molar-refractivity contribution in [2.75, 3.05) is 19.4 Å². The molecule has 0 fully saturated rings. The minimum absolute atomic E-state index is 0.133. The van der Waals surface area contributed by atoms with E-state index in [1.165, 1.54) is 5.56 Å². The Hall–Kier alpha value is -1.85. The van der Waals surface area contributed by atoms with Gasteiger partial charge in [0.2, 0.25) is 0 Å². The lowest BCUT2D eigenvalue weighted by atomic mass is 10.2. The number of nitrogens with one attached hydrogen (secondary N) is 1. The number of carbonyl (C=O) groups is 1. The van der Waals surface area contributed by atoms with Crippen LogP contribution in [0.25, 0.3) is 0 Å². The molecular formula is C19H22ClNO3S. The van der Waals surface area contributed by atoms with Crippen molar-refractivity contribution in [1.29, 1.82) is 0 Å². The molecule has 0 bridgehead atoms. The summed E-state index contributed by atoms with van der Waals surface area (Å²) in [7, 11) is 1.59. The number of hydrogen-bond donors (Lipinski definition) is 1. The Morgan fingerprint density at radius 1 is 1.20 bits per heavy atom. The maximum Gasteiger partial charge on any atom is 0.260 e.